The molecule has 0 aliphatic carbocycles. The van der Waals surface area contributed by atoms with Crippen LogP contribution in [0, 0.1) is 0 Å². The summed E-state index contributed by atoms with van der Waals surface area (Å²) in [5, 5.41) is 7.43. The Kier molecular flexibility index (Phi) is 3.55. The molecule has 0 aromatic heterocycles. The van der Waals surface area contributed by atoms with Crippen molar-refractivity contribution in [3.63, 3.8) is 0 Å². The second kappa shape index (κ2) is 2.80. The van der Waals surface area contributed by atoms with Crippen molar-refractivity contribution < 1.29 is 18.4 Å². The van der Waals surface area contributed by atoms with Gasteiger partial charge in [-0.3, -0.25) is 0 Å². The summed E-state index contributed by atoms with van der Waals surface area (Å²) in [5.74, 6) is 0. The van der Waals surface area contributed by atoms with Gasteiger partial charge in [0.15, 0.2) is 0 Å². The molecule has 0 aromatic carbocycles. The van der Waals surface area contributed by atoms with Crippen molar-refractivity contribution in [2.24, 2.45) is 0 Å². The second-order valence-corrected chi connectivity index (χ2v) is 8.84. The van der Waals surface area contributed by atoms with Gasteiger partial charge in [-0.15, -0.1) is 0 Å². The van der Waals surface area contributed by atoms with Gasteiger partial charge in [0.2, 0.25) is 0 Å². The zero-order valence-electron chi connectivity index (χ0n) is 2.83. The Hall–Kier alpha value is 1.60. The van der Waals surface area contributed by atoms with Crippen LogP contribution in [0.1, 0.15) is 0 Å². The van der Waals surface area contributed by atoms with Gasteiger partial charge in [-0.1, -0.05) is 0 Å². The molecular formula is H2BaO4S. The molecule has 4 nitrogen and oxygen atoms in total. The first-order chi connectivity index (χ1) is 2.56. The Bertz CT molecular complexity index is 110. The van der Waals surface area contributed by atoms with Gasteiger partial charge in [0.25, 0.3) is 0 Å². The van der Waals surface area contributed by atoms with Crippen molar-refractivity contribution >= 4 is 45.9 Å². The van der Waals surface area contributed by atoms with Gasteiger partial charge in [0.05, 0.1) is 0 Å². The maximum absolute atomic E-state index is 9.73. The summed E-state index contributed by atoms with van der Waals surface area (Å²) in [7, 11) is 0. The van der Waals surface area contributed by atoms with Crippen molar-refractivity contribution in [2.45, 2.75) is 0 Å². The summed E-state index contributed by atoms with van der Waals surface area (Å²) in [6, 6.07) is 0. The number of hydrogen-bond acceptors (Lipinski definition) is 3. The predicted octanol–water partition coefficient (Wildman–Crippen LogP) is -0.768. The van der Waals surface area contributed by atoms with Crippen molar-refractivity contribution in [3.05, 3.63) is 0 Å². The molecule has 0 fully saturated rings. The van der Waals surface area contributed by atoms with Crippen molar-refractivity contribution in [1.82, 2.24) is 0 Å². The molecule has 0 aliphatic heterocycles. The van der Waals surface area contributed by atoms with E-state index in [0.29, 0.717) is 0 Å². The molecule has 0 radical (unpaired) electrons. The monoisotopic (exact) mass is 236 g/mol. The molecule has 0 saturated heterocycles. The molecule has 6 heavy (non-hydrogen) atoms. The summed E-state index contributed by atoms with van der Waals surface area (Å²) in [5.41, 5.74) is 0. The quantitative estimate of drug-likeness (QED) is 0.356. The van der Waals surface area contributed by atoms with Crippen LogP contribution in [0.2, 0.25) is 0 Å². The van der Waals surface area contributed by atoms with Crippen LogP contribution in [0.4, 0.5) is 0 Å². The maximum atomic E-state index is 9.73. The zero-order chi connectivity index (χ0) is 5.21. The normalized spacial score (nSPS) is 20.0. The van der Waals surface area contributed by atoms with Crippen molar-refractivity contribution in [3.8, 4) is 0 Å². The van der Waals surface area contributed by atoms with Crippen molar-refractivity contribution in [2.75, 3.05) is 0 Å². The summed E-state index contributed by atoms with van der Waals surface area (Å²) >= 11 is -0.426. The van der Waals surface area contributed by atoms with Crippen LogP contribution >= 0.6 is 0 Å². The molecule has 34 valence electrons. The molecule has 0 rings (SSSR count). The fourth-order valence-corrected chi connectivity index (χ4v) is 0. The fraction of sp³-hybridized carbons (Fsp3) is 0. The van der Waals surface area contributed by atoms with E-state index < -0.39 is 45.9 Å². The van der Waals surface area contributed by atoms with Gasteiger partial charge in [-0.2, -0.15) is 0 Å². The van der Waals surface area contributed by atoms with Crippen molar-refractivity contribution in [1.29, 1.82) is 0 Å². The summed E-state index contributed by atoms with van der Waals surface area (Å²) in [6.45, 7) is 0. The third-order valence-corrected chi connectivity index (χ3v) is 1.34. The second-order valence-electron chi connectivity index (χ2n) is 0.656. The fourth-order valence-electron chi connectivity index (χ4n) is 0. The number of hydrogen-bond donors (Lipinski definition) is 2. The predicted molar refractivity (Wildman–Crippen MR) is 20.2 cm³/mol. The summed E-state index contributed by atoms with van der Waals surface area (Å²) in [4.78, 5) is 0. The Balaban J connectivity index is 3.85. The third kappa shape index (κ3) is 5.60. The van der Waals surface area contributed by atoms with E-state index in [0.717, 1.165) is 0 Å². The molecule has 6 heteroatoms. The van der Waals surface area contributed by atoms with Gasteiger partial charge in [-0.25, -0.2) is 0 Å². The first-order valence-electron chi connectivity index (χ1n) is 0.987. The van der Waals surface area contributed by atoms with Crippen LogP contribution in [0.25, 0.3) is 0 Å². The zero-order valence-corrected chi connectivity index (χ0v) is 8.08. The molecule has 0 amide bonds. The van der Waals surface area contributed by atoms with E-state index in [2.05, 4.69) is 4.33 Å². The SMILES string of the molecule is O=[S](O)(=[Ba])OO. The van der Waals surface area contributed by atoms with Crippen LogP contribution < -0.4 is 0 Å². The first-order valence-corrected chi connectivity index (χ1v) is 8.04. The van der Waals surface area contributed by atoms with Crippen LogP contribution in [-0.2, 0) is 6.56 Å². The first kappa shape index (κ1) is 7.60. The standard InChI is InChI=1S/Ba.H2O4S/c;1-4-5(2)3/h;1H,(H,2,3). The van der Waals surface area contributed by atoms with Gasteiger partial charge >= 0.3 is 64.3 Å². The van der Waals surface area contributed by atoms with Crippen LogP contribution in [0.3, 0.4) is 0 Å². The molecule has 0 spiro atoms. The van der Waals surface area contributed by atoms with E-state index in [1.165, 1.54) is 0 Å². The molecule has 0 aromatic rings. The molecule has 0 aliphatic rings. The van der Waals surface area contributed by atoms with E-state index in [1.807, 2.05) is 0 Å². The number of rotatable bonds is 1. The molecular weight excluding hydrogens is 233 g/mol. The van der Waals surface area contributed by atoms with Gasteiger partial charge in [-0.05, 0) is 0 Å². The minimum atomic E-state index is -3.16. The van der Waals surface area contributed by atoms with E-state index in [4.69, 9.17) is 9.81 Å². The third-order valence-electron chi connectivity index (χ3n) is 0.116. The van der Waals surface area contributed by atoms with Crippen LogP contribution in [0.15, 0.2) is 0 Å². The molecule has 0 saturated carbocycles. The van der Waals surface area contributed by atoms with Crippen LogP contribution in [-0.4, -0.2) is 57.7 Å². The molecule has 0 bridgehead atoms. The Morgan fingerprint density at radius 3 is 2.00 bits per heavy atom. The van der Waals surface area contributed by atoms with E-state index in [1.54, 1.807) is 0 Å². The van der Waals surface area contributed by atoms with E-state index in [9.17, 15) is 4.21 Å². The molecule has 1 atom stereocenters. The summed E-state index contributed by atoms with van der Waals surface area (Å²) < 4.78 is 17.6. The average molecular weight is 235 g/mol. The Morgan fingerprint density at radius 2 is 2.00 bits per heavy atom. The van der Waals surface area contributed by atoms with Gasteiger partial charge in [0.1, 0.15) is 0 Å². The van der Waals surface area contributed by atoms with Crippen LogP contribution in [0.5, 0.6) is 0 Å². The summed E-state index contributed by atoms with van der Waals surface area (Å²) in [6.07, 6.45) is 0. The van der Waals surface area contributed by atoms with E-state index in [-0.39, 0.29) is 0 Å². The average Bonchev–Trinajstić information content (AvgIpc) is 1.35. The Labute approximate surface area is 63.1 Å². The molecule has 0 heterocycles. The minimum absolute atomic E-state index is 0.426. The Morgan fingerprint density at radius 1 is 1.83 bits per heavy atom. The topological polar surface area (TPSA) is 66.8 Å². The van der Waals surface area contributed by atoms with E-state index >= 15 is 0 Å². The van der Waals surface area contributed by atoms with Gasteiger partial charge in [0, 0.05) is 0 Å². The molecule has 1 unspecified atom stereocenters. The molecule has 2 N–H and O–H groups in total. The van der Waals surface area contributed by atoms with Gasteiger partial charge < -0.3 is 0 Å².